The van der Waals surface area contributed by atoms with Gasteiger partial charge in [0.25, 0.3) is 0 Å². The van der Waals surface area contributed by atoms with E-state index in [0.717, 1.165) is 25.3 Å². The number of aliphatic hydroxyl groups is 1. The highest BCUT2D eigenvalue weighted by molar-refractivity contribution is 5.39. The van der Waals surface area contributed by atoms with E-state index >= 15 is 0 Å². The number of rotatable bonds is 3. The van der Waals surface area contributed by atoms with Gasteiger partial charge in [0, 0.05) is 26.1 Å². The fourth-order valence-corrected chi connectivity index (χ4v) is 2.75. The van der Waals surface area contributed by atoms with Crippen molar-refractivity contribution in [2.45, 2.75) is 25.0 Å². The van der Waals surface area contributed by atoms with E-state index < -0.39 is 5.60 Å². The topological polar surface area (TPSA) is 56.5 Å². The molecule has 0 spiro atoms. The van der Waals surface area contributed by atoms with E-state index in [4.69, 9.17) is 10.00 Å². The van der Waals surface area contributed by atoms with E-state index in [-0.39, 0.29) is 6.42 Å². The number of nitrogens with zero attached hydrogens (tertiary/aromatic N) is 2. The van der Waals surface area contributed by atoms with E-state index in [1.807, 2.05) is 12.1 Å². The van der Waals surface area contributed by atoms with Gasteiger partial charge in [-0.1, -0.05) is 12.1 Å². The SMILES string of the molecule is N#CCC1(O)CN(Cc2ccc3c(c2)CCO3)C1. The summed E-state index contributed by atoms with van der Waals surface area (Å²) in [4.78, 5) is 2.16. The average Bonchev–Trinajstić information content (AvgIpc) is 2.74. The van der Waals surface area contributed by atoms with E-state index in [0.29, 0.717) is 13.1 Å². The maximum Gasteiger partial charge on any atom is 0.122 e. The quantitative estimate of drug-likeness (QED) is 0.864. The molecule has 0 aliphatic carbocycles. The number of ether oxygens (including phenoxy) is 1. The van der Waals surface area contributed by atoms with Crippen molar-refractivity contribution in [2.24, 2.45) is 0 Å². The highest BCUT2D eigenvalue weighted by atomic mass is 16.5. The minimum atomic E-state index is -0.783. The van der Waals surface area contributed by atoms with Crippen LogP contribution in [0.2, 0.25) is 0 Å². The lowest BCUT2D eigenvalue weighted by Crippen LogP contribution is -2.60. The molecule has 18 heavy (non-hydrogen) atoms. The van der Waals surface area contributed by atoms with Crippen LogP contribution in [-0.4, -0.2) is 35.3 Å². The Morgan fingerprint density at radius 3 is 3.06 bits per heavy atom. The fourth-order valence-electron chi connectivity index (χ4n) is 2.75. The van der Waals surface area contributed by atoms with Crippen LogP contribution in [0.3, 0.4) is 0 Å². The van der Waals surface area contributed by atoms with Crippen LogP contribution in [0.4, 0.5) is 0 Å². The molecular formula is C14H16N2O2. The third kappa shape index (κ3) is 2.07. The second kappa shape index (κ2) is 4.27. The molecule has 2 aliphatic heterocycles. The first-order valence-electron chi connectivity index (χ1n) is 6.25. The molecule has 1 N–H and O–H groups in total. The summed E-state index contributed by atoms with van der Waals surface area (Å²) in [5, 5.41) is 18.5. The number of hydrogen-bond donors (Lipinski definition) is 1. The number of likely N-dealkylation sites (tertiary alicyclic amines) is 1. The van der Waals surface area contributed by atoms with Crippen molar-refractivity contribution in [3.63, 3.8) is 0 Å². The van der Waals surface area contributed by atoms with Crippen molar-refractivity contribution < 1.29 is 9.84 Å². The zero-order chi connectivity index (χ0) is 12.6. The van der Waals surface area contributed by atoms with Crippen LogP contribution in [0, 0.1) is 11.3 Å². The van der Waals surface area contributed by atoms with Gasteiger partial charge in [0.1, 0.15) is 11.4 Å². The predicted octanol–water partition coefficient (Wildman–Crippen LogP) is 1.08. The maximum absolute atomic E-state index is 9.93. The first-order chi connectivity index (χ1) is 8.68. The van der Waals surface area contributed by atoms with Crippen molar-refractivity contribution >= 4 is 0 Å². The minimum absolute atomic E-state index is 0.224. The van der Waals surface area contributed by atoms with Crippen molar-refractivity contribution in [2.75, 3.05) is 19.7 Å². The lowest BCUT2D eigenvalue weighted by atomic mass is 9.90. The first-order valence-corrected chi connectivity index (χ1v) is 6.25. The van der Waals surface area contributed by atoms with E-state index in [1.165, 1.54) is 11.1 Å². The summed E-state index contributed by atoms with van der Waals surface area (Å²) in [5.74, 6) is 1.00. The summed E-state index contributed by atoms with van der Waals surface area (Å²) in [5.41, 5.74) is 1.74. The molecule has 0 aromatic heterocycles. The molecule has 4 nitrogen and oxygen atoms in total. The van der Waals surface area contributed by atoms with E-state index in [2.05, 4.69) is 17.0 Å². The Morgan fingerprint density at radius 1 is 1.44 bits per heavy atom. The Labute approximate surface area is 106 Å². The Hall–Kier alpha value is -1.57. The molecule has 1 saturated heterocycles. The summed E-state index contributed by atoms with van der Waals surface area (Å²) in [6, 6.07) is 8.32. The minimum Gasteiger partial charge on any atom is -0.493 e. The molecule has 1 aromatic carbocycles. The highest BCUT2D eigenvalue weighted by Crippen LogP contribution is 2.29. The summed E-state index contributed by atoms with van der Waals surface area (Å²) in [6.07, 6.45) is 1.21. The third-order valence-electron chi connectivity index (χ3n) is 3.60. The van der Waals surface area contributed by atoms with Crippen LogP contribution in [-0.2, 0) is 13.0 Å². The van der Waals surface area contributed by atoms with Gasteiger partial charge in [-0.15, -0.1) is 0 Å². The highest BCUT2D eigenvalue weighted by Gasteiger charge is 2.40. The normalized spacial score (nSPS) is 20.7. The van der Waals surface area contributed by atoms with Gasteiger partial charge in [0.05, 0.1) is 19.1 Å². The average molecular weight is 244 g/mol. The van der Waals surface area contributed by atoms with Crippen molar-refractivity contribution in [3.05, 3.63) is 29.3 Å². The second-order valence-electron chi connectivity index (χ2n) is 5.24. The molecule has 1 fully saturated rings. The maximum atomic E-state index is 9.93. The van der Waals surface area contributed by atoms with Crippen LogP contribution in [0.15, 0.2) is 18.2 Å². The molecule has 94 valence electrons. The lowest BCUT2D eigenvalue weighted by Gasteiger charge is -2.45. The molecule has 0 unspecified atom stereocenters. The van der Waals surface area contributed by atoms with Gasteiger partial charge in [-0.2, -0.15) is 5.26 Å². The fraction of sp³-hybridized carbons (Fsp3) is 0.500. The van der Waals surface area contributed by atoms with Gasteiger partial charge < -0.3 is 9.84 Å². The van der Waals surface area contributed by atoms with E-state index in [9.17, 15) is 5.11 Å². The van der Waals surface area contributed by atoms with Gasteiger partial charge >= 0.3 is 0 Å². The number of fused-ring (bicyclic) bond motifs is 1. The van der Waals surface area contributed by atoms with Crippen LogP contribution >= 0.6 is 0 Å². The Kier molecular flexibility index (Phi) is 2.73. The lowest BCUT2D eigenvalue weighted by molar-refractivity contribution is -0.0974. The molecule has 0 bridgehead atoms. The predicted molar refractivity (Wildman–Crippen MR) is 66.1 cm³/mol. The van der Waals surface area contributed by atoms with E-state index in [1.54, 1.807) is 0 Å². The number of benzene rings is 1. The molecule has 0 radical (unpaired) electrons. The van der Waals surface area contributed by atoms with Crippen LogP contribution in [0.5, 0.6) is 5.75 Å². The van der Waals surface area contributed by atoms with Gasteiger partial charge in [-0.3, -0.25) is 4.90 Å². The standard InChI is InChI=1S/C14H16N2O2/c15-5-4-14(17)9-16(10-14)8-11-1-2-13-12(7-11)3-6-18-13/h1-2,7,17H,3-4,6,8-10H2. The van der Waals surface area contributed by atoms with Crippen LogP contribution in [0.1, 0.15) is 17.5 Å². The third-order valence-corrected chi connectivity index (χ3v) is 3.60. The Morgan fingerprint density at radius 2 is 2.28 bits per heavy atom. The van der Waals surface area contributed by atoms with Crippen LogP contribution in [0.25, 0.3) is 0 Å². The molecule has 0 atom stereocenters. The second-order valence-corrected chi connectivity index (χ2v) is 5.24. The molecule has 2 aliphatic rings. The molecule has 0 saturated carbocycles. The van der Waals surface area contributed by atoms with Gasteiger partial charge in [-0.25, -0.2) is 0 Å². The molecular weight excluding hydrogens is 228 g/mol. The molecule has 0 amide bonds. The monoisotopic (exact) mass is 244 g/mol. The Bertz CT molecular complexity index is 501. The number of hydrogen-bond acceptors (Lipinski definition) is 4. The van der Waals surface area contributed by atoms with Crippen molar-refractivity contribution in [1.29, 1.82) is 5.26 Å². The number of β-amino-alcohol motifs (C(OH)–C–C–N with tert-alkyl or cyclic N) is 1. The van der Waals surface area contributed by atoms with Gasteiger partial charge in [-0.05, 0) is 17.2 Å². The summed E-state index contributed by atoms with van der Waals surface area (Å²) in [6.45, 7) is 2.80. The van der Waals surface area contributed by atoms with Crippen LogP contribution < -0.4 is 4.74 Å². The molecule has 4 heteroatoms. The van der Waals surface area contributed by atoms with Gasteiger partial charge in [0.2, 0.25) is 0 Å². The number of nitriles is 1. The molecule has 3 rings (SSSR count). The largest absolute Gasteiger partial charge is 0.493 e. The first kappa shape index (κ1) is 11.5. The summed E-state index contributed by atoms with van der Waals surface area (Å²) < 4.78 is 5.47. The van der Waals surface area contributed by atoms with Crippen molar-refractivity contribution in [1.82, 2.24) is 4.90 Å². The smallest absolute Gasteiger partial charge is 0.122 e. The molecule has 2 heterocycles. The van der Waals surface area contributed by atoms with Crippen molar-refractivity contribution in [3.8, 4) is 11.8 Å². The zero-order valence-electron chi connectivity index (χ0n) is 10.2. The van der Waals surface area contributed by atoms with Gasteiger partial charge in [0.15, 0.2) is 0 Å². The summed E-state index contributed by atoms with van der Waals surface area (Å²) >= 11 is 0. The Balaban J connectivity index is 1.61. The molecule has 1 aromatic rings. The summed E-state index contributed by atoms with van der Waals surface area (Å²) in [7, 11) is 0. The zero-order valence-corrected chi connectivity index (χ0v) is 10.2.